The van der Waals surface area contributed by atoms with Crippen molar-refractivity contribution in [3.63, 3.8) is 0 Å². The minimum atomic E-state index is 0.138. The van der Waals surface area contributed by atoms with Gasteiger partial charge in [0.25, 0.3) is 0 Å². The van der Waals surface area contributed by atoms with Crippen molar-refractivity contribution in [3.05, 3.63) is 35.9 Å². The summed E-state index contributed by atoms with van der Waals surface area (Å²) in [6.07, 6.45) is 0. The topological polar surface area (TPSA) is 0 Å². The molecule has 0 N–H and O–H groups in total. The lowest BCUT2D eigenvalue weighted by molar-refractivity contribution is 0.825. The summed E-state index contributed by atoms with van der Waals surface area (Å²) in [5.74, 6) is 2.18. The van der Waals surface area contributed by atoms with Crippen LogP contribution in [0.2, 0.25) is 0 Å². The largest absolute Gasteiger partial charge is 0.172 e. The molecule has 0 spiro atoms. The van der Waals surface area contributed by atoms with E-state index in [0.29, 0.717) is 0 Å². The highest BCUT2D eigenvalue weighted by Gasteiger charge is 2.10. The highest BCUT2D eigenvalue weighted by Crippen LogP contribution is 2.21. The molecule has 1 aromatic rings. The first-order valence-electron chi connectivity index (χ1n) is 4.42. The van der Waals surface area contributed by atoms with Gasteiger partial charge in [0, 0.05) is 16.3 Å². The molecule has 0 aromatic heterocycles. The summed E-state index contributed by atoms with van der Waals surface area (Å²) in [7, 11) is 0. The van der Waals surface area contributed by atoms with Crippen LogP contribution in [-0.4, -0.2) is 10.5 Å². The summed E-state index contributed by atoms with van der Waals surface area (Å²) in [5.41, 5.74) is 1.39. The molecule has 1 rings (SSSR count). The minimum absolute atomic E-state index is 0.138. The van der Waals surface area contributed by atoms with E-state index in [9.17, 15) is 0 Å². The van der Waals surface area contributed by atoms with Crippen LogP contribution in [-0.2, 0) is 5.75 Å². The van der Waals surface area contributed by atoms with Crippen molar-refractivity contribution in [1.82, 2.24) is 0 Å². The monoisotopic (exact) mass is 212 g/mol. The molecule has 0 saturated heterocycles. The maximum atomic E-state index is 4.48. The van der Waals surface area contributed by atoms with E-state index in [4.69, 9.17) is 0 Å². The third-order valence-corrected chi connectivity index (χ3v) is 3.40. The van der Waals surface area contributed by atoms with Gasteiger partial charge in [-0.2, -0.15) is 24.4 Å². The number of rotatable bonds is 4. The number of thiol groups is 1. The number of benzene rings is 1. The Morgan fingerprint density at radius 1 is 1.23 bits per heavy atom. The molecule has 0 nitrogen and oxygen atoms in total. The molecule has 2 heteroatoms. The van der Waals surface area contributed by atoms with Crippen LogP contribution in [0.4, 0.5) is 0 Å². The maximum Gasteiger partial charge on any atom is 0.0185 e. The van der Waals surface area contributed by atoms with Crippen LogP contribution < -0.4 is 0 Å². The molecule has 0 aliphatic rings. The van der Waals surface area contributed by atoms with Crippen LogP contribution in [0, 0.1) is 0 Å². The number of thioether (sulfide) groups is 1. The van der Waals surface area contributed by atoms with E-state index in [0.717, 1.165) is 11.5 Å². The fourth-order valence-electron chi connectivity index (χ4n) is 0.993. The molecule has 0 atom stereocenters. The first-order chi connectivity index (χ1) is 6.08. The van der Waals surface area contributed by atoms with Gasteiger partial charge in [0.1, 0.15) is 0 Å². The Morgan fingerprint density at radius 2 is 1.85 bits per heavy atom. The van der Waals surface area contributed by atoms with E-state index < -0.39 is 0 Å². The minimum Gasteiger partial charge on any atom is -0.172 e. The van der Waals surface area contributed by atoms with Crippen LogP contribution in [0.3, 0.4) is 0 Å². The summed E-state index contributed by atoms with van der Waals surface area (Å²) >= 11 is 6.42. The Balaban J connectivity index is 2.29. The average Bonchev–Trinajstić information content (AvgIpc) is 2.04. The summed E-state index contributed by atoms with van der Waals surface area (Å²) in [5, 5.41) is 0. The van der Waals surface area contributed by atoms with Crippen molar-refractivity contribution < 1.29 is 0 Å². The first kappa shape index (κ1) is 11.0. The van der Waals surface area contributed by atoms with Gasteiger partial charge >= 0.3 is 0 Å². The van der Waals surface area contributed by atoms with Gasteiger partial charge in [0.2, 0.25) is 0 Å². The van der Waals surface area contributed by atoms with Crippen LogP contribution in [0.15, 0.2) is 30.3 Å². The van der Waals surface area contributed by atoms with E-state index in [1.54, 1.807) is 0 Å². The van der Waals surface area contributed by atoms with Gasteiger partial charge in [-0.05, 0) is 5.56 Å². The van der Waals surface area contributed by atoms with Crippen LogP contribution >= 0.6 is 24.4 Å². The number of hydrogen-bond acceptors (Lipinski definition) is 2. The summed E-state index contributed by atoms with van der Waals surface area (Å²) < 4.78 is 0.138. The fourth-order valence-corrected chi connectivity index (χ4v) is 2.30. The average molecular weight is 212 g/mol. The molecule has 0 amide bonds. The van der Waals surface area contributed by atoms with Crippen molar-refractivity contribution in [2.45, 2.75) is 24.3 Å². The quantitative estimate of drug-likeness (QED) is 0.744. The highest BCUT2D eigenvalue weighted by atomic mass is 32.2. The summed E-state index contributed by atoms with van der Waals surface area (Å²) in [6, 6.07) is 10.6. The summed E-state index contributed by atoms with van der Waals surface area (Å²) in [4.78, 5) is 0. The SMILES string of the molecule is CC(C)(S)CSCc1ccccc1. The Bertz CT molecular complexity index is 236. The third kappa shape index (κ3) is 5.27. The normalized spacial score (nSPS) is 11.6. The van der Waals surface area contributed by atoms with Gasteiger partial charge in [-0.25, -0.2) is 0 Å². The molecule has 0 unspecified atom stereocenters. The zero-order chi connectivity index (χ0) is 9.73. The standard InChI is InChI=1S/C11H16S2/c1-11(2,12)9-13-8-10-6-4-3-5-7-10/h3-7,12H,8-9H2,1-2H3. The molecule has 0 fully saturated rings. The van der Waals surface area contributed by atoms with Crippen molar-refractivity contribution in [2.75, 3.05) is 5.75 Å². The number of hydrogen-bond donors (Lipinski definition) is 1. The van der Waals surface area contributed by atoms with E-state index in [2.05, 4.69) is 56.8 Å². The molecule has 0 aliphatic carbocycles. The second-order valence-electron chi connectivity index (χ2n) is 3.79. The Morgan fingerprint density at radius 3 is 2.38 bits per heavy atom. The van der Waals surface area contributed by atoms with E-state index in [1.807, 2.05) is 11.8 Å². The molecule has 13 heavy (non-hydrogen) atoms. The lowest BCUT2D eigenvalue weighted by Gasteiger charge is -2.16. The summed E-state index contributed by atoms with van der Waals surface area (Å²) in [6.45, 7) is 4.29. The lowest BCUT2D eigenvalue weighted by atomic mass is 10.2. The van der Waals surface area contributed by atoms with Gasteiger partial charge in [0.15, 0.2) is 0 Å². The van der Waals surface area contributed by atoms with Crippen molar-refractivity contribution in [3.8, 4) is 0 Å². The van der Waals surface area contributed by atoms with E-state index in [-0.39, 0.29) is 4.75 Å². The molecule has 0 radical (unpaired) electrons. The smallest absolute Gasteiger partial charge is 0.0185 e. The third-order valence-electron chi connectivity index (χ3n) is 1.57. The van der Waals surface area contributed by atoms with Gasteiger partial charge in [-0.15, -0.1) is 0 Å². The molecular weight excluding hydrogens is 196 g/mol. The van der Waals surface area contributed by atoms with Gasteiger partial charge in [-0.1, -0.05) is 44.2 Å². The van der Waals surface area contributed by atoms with Crippen molar-refractivity contribution >= 4 is 24.4 Å². The van der Waals surface area contributed by atoms with E-state index in [1.165, 1.54) is 5.56 Å². The molecule has 0 heterocycles. The van der Waals surface area contributed by atoms with Crippen molar-refractivity contribution in [1.29, 1.82) is 0 Å². The molecule has 72 valence electrons. The fraction of sp³-hybridized carbons (Fsp3) is 0.455. The van der Waals surface area contributed by atoms with Gasteiger partial charge in [-0.3, -0.25) is 0 Å². The van der Waals surface area contributed by atoms with Crippen LogP contribution in [0.25, 0.3) is 0 Å². The molecule has 1 aromatic carbocycles. The Labute approximate surface area is 90.5 Å². The zero-order valence-electron chi connectivity index (χ0n) is 8.16. The highest BCUT2D eigenvalue weighted by molar-refractivity contribution is 7.99. The lowest BCUT2D eigenvalue weighted by Crippen LogP contribution is -2.13. The van der Waals surface area contributed by atoms with E-state index >= 15 is 0 Å². The Hall–Kier alpha value is -0.0800. The predicted molar refractivity (Wildman–Crippen MR) is 65.7 cm³/mol. The molecule has 0 bridgehead atoms. The predicted octanol–water partition coefficient (Wildman–Crippen LogP) is 3.63. The molecule has 0 saturated carbocycles. The van der Waals surface area contributed by atoms with Crippen LogP contribution in [0.5, 0.6) is 0 Å². The second kappa shape index (κ2) is 4.97. The zero-order valence-corrected chi connectivity index (χ0v) is 9.87. The van der Waals surface area contributed by atoms with Gasteiger partial charge in [0.05, 0.1) is 0 Å². The van der Waals surface area contributed by atoms with Crippen molar-refractivity contribution in [2.24, 2.45) is 0 Å². The van der Waals surface area contributed by atoms with Gasteiger partial charge < -0.3 is 0 Å². The maximum absolute atomic E-state index is 4.48. The Kier molecular flexibility index (Phi) is 4.20. The molecule has 0 aliphatic heterocycles. The van der Waals surface area contributed by atoms with Crippen LogP contribution in [0.1, 0.15) is 19.4 Å². The molecular formula is C11H16S2. The second-order valence-corrected chi connectivity index (χ2v) is 5.99. The first-order valence-corrected chi connectivity index (χ1v) is 6.02.